The van der Waals surface area contributed by atoms with Crippen molar-refractivity contribution < 1.29 is 32.4 Å². The molecule has 1 aromatic rings. The lowest BCUT2D eigenvalue weighted by Gasteiger charge is -2.08. The second kappa shape index (κ2) is 6.19. The van der Waals surface area contributed by atoms with Crippen LogP contribution in [0.15, 0.2) is 6.07 Å². The maximum absolute atomic E-state index is 12.1. The van der Waals surface area contributed by atoms with E-state index < -0.39 is 34.5 Å². The summed E-state index contributed by atoms with van der Waals surface area (Å²) in [6.45, 7) is 1.43. The molecule has 0 atom stereocenters. The third-order valence-corrected chi connectivity index (χ3v) is 2.58. The van der Waals surface area contributed by atoms with Crippen LogP contribution >= 0.6 is 22.6 Å². The number of esters is 1. The van der Waals surface area contributed by atoms with Crippen LogP contribution in [0.5, 0.6) is 5.88 Å². The van der Waals surface area contributed by atoms with E-state index in [1.165, 1.54) is 29.5 Å². The Labute approximate surface area is 123 Å². The first-order valence-corrected chi connectivity index (χ1v) is 6.01. The van der Waals surface area contributed by atoms with Crippen LogP contribution in [0.4, 0.5) is 19.0 Å². The van der Waals surface area contributed by atoms with E-state index in [9.17, 15) is 28.1 Å². The molecule has 0 unspecified atom stereocenters. The van der Waals surface area contributed by atoms with Crippen LogP contribution in [-0.2, 0) is 4.74 Å². The van der Waals surface area contributed by atoms with Crippen LogP contribution in [0.1, 0.15) is 17.3 Å². The molecule has 0 amide bonds. The lowest BCUT2D eigenvalue weighted by atomic mass is 10.2. The average Bonchev–Trinajstić information content (AvgIpc) is 2.29. The molecule has 0 aliphatic heterocycles. The van der Waals surface area contributed by atoms with Gasteiger partial charge in [-0.25, -0.2) is 4.79 Å². The Bertz CT molecular complexity index is 549. The van der Waals surface area contributed by atoms with Crippen LogP contribution in [-0.4, -0.2) is 28.8 Å². The normalized spacial score (nSPS) is 11.1. The van der Waals surface area contributed by atoms with Crippen molar-refractivity contribution in [2.75, 3.05) is 6.61 Å². The first-order chi connectivity index (χ1) is 9.15. The standard InChI is InChI=1S/C9H6F3IN2O5/c1-2-19-8(16)4-3-5(13)7(20-9(10,11)12)14-6(4)15(17)18/h3H,2H2,1H3. The van der Waals surface area contributed by atoms with Crippen molar-refractivity contribution in [1.29, 1.82) is 0 Å². The van der Waals surface area contributed by atoms with Gasteiger partial charge in [0.15, 0.2) is 5.56 Å². The van der Waals surface area contributed by atoms with Gasteiger partial charge in [-0.1, -0.05) is 0 Å². The average molecular weight is 406 g/mol. The fraction of sp³-hybridized carbons (Fsp3) is 0.333. The van der Waals surface area contributed by atoms with Gasteiger partial charge in [-0.05, 0) is 40.5 Å². The number of aromatic nitrogens is 1. The zero-order chi connectivity index (χ0) is 15.5. The van der Waals surface area contributed by atoms with E-state index in [4.69, 9.17) is 0 Å². The van der Waals surface area contributed by atoms with Crippen molar-refractivity contribution >= 4 is 34.4 Å². The largest absolute Gasteiger partial charge is 0.575 e. The summed E-state index contributed by atoms with van der Waals surface area (Å²) in [6.07, 6.45) is -5.05. The van der Waals surface area contributed by atoms with Crippen LogP contribution in [0.3, 0.4) is 0 Å². The highest BCUT2D eigenvalue weighted by atomic mass is 127. The third-order valence-electron chi connectivity index (χ3n) is 1.80. The second-order valence-electron chi connectivity index (χ2n) is 3.17. The fourth-order valence-electron chi connectivity index (χ4n) is 1.14. The molecule has 0 saturated heterocycles. The number of nitro groups is 1. The molecule has 0 N–H and O–H groups in total. The molecular formula is C9H6F3IN2O5. The molecule has 110 valence electrons. The predicted molar refractivity (Wildman–Crippen MR) is 66.2 cm³/mol. The monoisotopic (exact) mass is 406 g/mol. The highest BCUT2D eigenvalue weighted by molar-refractivity contribution is 14.1. The van der Waals surface area contributed by atoms with Crippen molar-refractivity contribution in [2.24, 2.45) is 0 Å². The molecule has 0 aliphatic rings. The van der Waals surface area contributed by atoms with Gasteiger partial charge in [-0.2, -0.15) is 0 Å². The SMILES string of the molecule is CCOC(=O)c1cc(I)c(OC(F)(F)F)nc1[N+](=O)[O-]. The summed E-state index contributed by atoms with van der Waals surface area (Å²) < 4.78 is 44.2. The summed E-state index contributed by atoms with van der Waals surface area (Å²) in [5.74, 6) is -3.12. The molecule has 7 nitrogen and oxygen atoms in total. The van der Waals surface area contributed by atoms with E-state index in [1.807, 2.05) is 0 Å². The predicted octanol–water partition coefficient (Wildman–Crippen LogP) is 2.67. The number of halogens is 4. The minimum atomic E-state index is -5.05. The molecule has 1 rings (SSSR count). The van der Waals surface area contributed by atoms with Gasteiger partial charge in [0.25, 0.3) is 0 Å². The molecule has 0 aromatic carbocycles. The van der Waals surface area contributed by atoms with E-state index >= 15 is 0 Å². The van der Waals surface area contributed by atoms with Crippen molar-refractivity contribution in [1.82, 2.24) is 4.98 Å². The molecular weight excluding hydrogens is 400 g/mol. The molecule has 0 radical (unpaired) electrons. The fourth-order valence-corrected chi connectivity index (χ4v) is 1.68. The van der Waals surface area contributed by atoms with Gasteiger partial charge in [-0.15, -0.1) is 13.2 Å². The summed E-state index contributed by atoms with van der Waals surface area (Å²) >= 11 is 1.41. The van der Waals surface area contributed by atoms with Gasteiger partial charge >= 0.3 is 24.0 Å². The molecule has 0 aliphatic carbocycles. The van der Waals surface area contributed by atoms with Crippen LogP contribution in [0, 0.1) is 13.7 Å². The molecule has 0 fully saturated rings. The van der Waals surface area contributed by atoms with Crippen molar-refractivity contribution in [2.45, 2.75) is 13.3 Å². The summed E-state index contributed by atoms with van der Waals surface area (Å²) in [7, 11) is 0. The summed E-state index contributed by atoms with van der Waals surface area (Å²) in [4.78, 5) is 24.3. The highest BCUT2D eigenvalue weighted by Crippen LogP contribution is 2.30. The zero-order valence-electron chi connectivity index (χ0n) is 9.73. The van der Waals surface area contributed by atoms with E-state index in [-0.39, 0.29) is 10.2 Å². The molecule has 0 spiro atoms. The van der Waals surface area contributed by atoms with Gasteiger partial charge in [0.1, 0.15) is 3.57 Å². The quantitative estimate of drug-likeness (QED) is 0.331. The van der Waals surface area contributed by atoms with Gasteiger partial charge in [0.2, 0.25) is 0 Å². The number of nitrogens with zero attached hydrogens (tertiary/aromatic N) is 2. The Hall–Kier alpha value is -1.66. The topological polar surface area (TPSA) is 91.6 Å². The Morgan fingerprint density at radius 2 is 2.15 bits per heavy atom. The number of hydrogen-bond donors (Lipinski definition) is 0. The first-order valence-electron chi connectivity index (χ1n) is 4.93. The first kappa shape index (κ1) is 16.4. The Kier molecular flexibility index (Phi) is 5.08. The highest BCUT2D eigenvalue weighted by Gasteiger charge is 2.37. The van der Waals surface area contributed by atoms with Gasteiger partial charge in [-0.3, -0.25) is 0 Å². The Morgan fingerprint density at radius 3 is 2.60 bits per heavy atom. The van der Waals surface area contributed by atoms with Crippen LogP contribution < -0.4 is 4.74 Å². The maximum atomic E-state index is 12.1. The van der Waals surface area contributed by atoms with Crippen LogP contribution in [0.2, 0.25) is 0 Å². The number of carbonyl (C=O) groups is 1. The van der Waals surface area contributed by atoms with Crippen molar-refractivity contribution in [3.8, 4) is 5.88 Å². The van der Waals surface area contributed by atoms with Gasteiger partial charge in [0.05, 0.1) is 6.61 Å². The summed E-state index contributed by atoms with van der Waals surface area (Å²) in [5.41, 5.74) is -0.546. The Morgan fingerprint density at radius 1 is 1.55 bits per heavy atom. The van der Waals surface area contributed by atoms with Gasteiger partial charge in [0, 0.05) is 4.98 Å². The minimum absolute atomic E-state index is 0.0482. The molecule has 1 heterocycles. The summed E-state index contributed by atoms with van der Waals surface area (Å²) in [5, 5.41) is 10.8. The second-order valence-corrected chi connectivity index (χ2v) is 4.33. The number of alkyl halides is 3. The summed E-state index contributed by atoms with van der Waals surface area (Å²) in [6, 6.07) is 0.852. The molecule has 20 heavy (non-hydrogen) atoms. The number of rotatable bonds is 4. The Balaban J connectivity index is 3.32. The molecule has 0 saturated carbocycles. The zero-order valence-corrected chi connectivity index (χ0v) is 11.9. The van der Waals surface area contributed by atoms with E-state index in [0.717, 1.165) is 6.07 Å². The third kappa shape index (κ3) is 4.18. The van der Waals surface area contributed by atoms with Crippen LogP contribution in [0.25, 0.3) is 0 Å². The van der Waals surface area contributed by atoms with Crippen molar-refractivity contribution in [3.05, 3.63) is 25.3 Å². The molecule has 11 heteroatoms. The van der Waals surface area contributed by atoms with Gasteiger partial charge < -0.3 is 19.6 Å². The van der Waals surface area contributed by atoms with E-state index in [1.54, 1.807) is 0 Å². The van der Waals surface area contributed by atoms with E-state index in [0.29, 0.717) is 0 Å². The van der Waals surface area contributed by atoms with E-state index in [2.05, 4.69) is 14.5 Å². The number of pyridine rings is 1. The smallest absolute Gasteiger partial charge is 0.462 e. The number of ether oxygens (including phenoxy) is 2. The minimum Gasteiger partial charge on any atom is -0.462 e. The maximum Gasteiger partial charge on any atom is 0.575 e. The molecule has 1 aromatic heterocycles. The lowest BCUT2D eigenvalue weighted by Crippen LogP contribution is -2.20. The lowest BCUT2D eigenvalue weighted by molar-refractivity contribution is -0.390. The number of hydrogen-bond acceptors (Lipinski definition) is 6. The molecule has 0 bridgehead atoms. The number of carbonyl (C=O) groups excluding carboxylic acids is 1. The van der Waals surface area contributed by atoms with Crippen molar-refractivity contribution in [3.63, 3.8) is 0 Å².